The van der Waals surface area contributed by atoms with E-state index in [9.17, 15) is 33.8 Å². The molecule has 3 heterocycles. The van der Waals surface area contributed by atoms with E-state index in [2.05, 4.69) is 14.0 Å². The SMILES string of the molecule is Cc1cccc2onc(Cn3c(=O)ccn([C@@H]4O[C@H](COP(=O)(O)OP(=O)(O)O)C(O)[C@@H]4O)c3=O)c12.[H-].[H-].[H-].[Na+].[Na+].[Na+]. The number of fused-ring (bicyclic) bond motifs is 1. The van der Waals surface area contributed by atoms with E-state index in [1.54, 1.807) is 25.1 Å². The molecule has 5 N–H and O–H groups in total. The van der Waals surface area contributed by atoms with Crippen molar-refractivity contribution in [1.29, 1.82) is 0 Å². The first-order valence-corrected chi connectivity index (χ1v) is 13.2. The van der Waals surface area contributed by atoms with Crippen molar-refractivity contribution in [3.8, 4) is 0 Å². The van der Waals surface area contributed by atoms with Crippen LogP contribution in [0.1, 0.15) is 21.8 Å². The number of rotatable bonds is 8. The van der Waals surface area contributed by atoms with Crippen molar-refractivity contribution in [3.05, 3.63) is 62.6 Å². The average Bonchev–Trinajstić information content (AvgIpc) is 3.30. The van der Waals surface area contributed by atoms with Crippen molar-refractivity contribution in [2.75, 3.05) is 6.61 Å². The maximum absolute atomic E-state index is 13.1. The van der Waals surface area contributed by atoms with Crippen LogP contribution in [0.3, 0.4) is 0 Å². The third kappa shape index (κ3) is 8.77. The van der Waals surface area contributed by atoms with Gasteiger partial charge in [0.15, 0.2) is 11.8 Å². The van der Waals surface area contributed by atoms with E-state index < -0.39 is 58.0 Å². The predicted molar refractivity (Wildman–Crippen MR) is 121 cm³/mol. The Morgan fingerprint density at radius 1 is 1.08 bits per heavy atom. The number of benzene rings is 1. The topological polar surface area (TPSA) is 233 Å². The Kier molecular flexibility index (Phi) is 14.2. The van der Waals surface area contributed by atoms with Gasteiger partial charge in [-0.15, -0.1) is 0 Å². The third-order valence-corrected chi connectivity index (χ3v) is 7.56. The second-order valence-corrected chi connectivity index (χ2v) is 10.7. The minimum atomic E-state index is -5.38. The molecule has 16 nitrogen and oxygen atoms in total. The molecule has 4 rings (SSSR count). The number of aryl methyl sites for hydroxylation is 1. The van der Waals surface area contributed by atoms with Gasteiger partial charge in [0.05, 0.1) is 13.2 Å². The number of nitrogens with zero attached hydrogens (tertiary/aromatic N) is 3. The van der Waals surface area contributed by atoms with Crippen LogP contribution in [0, 0.1) is 6.92 Å². The van der Waals surface area contributed by atoms with Crippen LogP contribution in [0.25, 0.3) is 11.0 Å². The van der Waals surface area contributed by atoms with E-state index >= 15 is 0 Å². The van der Waals surface area contributed by atoms with Gasteiger partial charge in [-0.3, -0.25) is 18.5 Å². The molecule has 0 spiro atoms. The number of aromatic nitrogens is 3. The summed E-state index contributed by atoms with van der Waals surface area (Å²) < 4.78 is 42.8. The number of hydrogen-bond donors (Lipinski definition) is 5. The van der Waals surface area contributed by atoms with Crippen molar-refractivity contribution in [2.45, 2.75) is 38.0 Å². The largest absolute Gasteiger partial charge is 1.00 e. The van der Waals surface area contributed by atoms with Crippen molar-refractivity contribution in [2.24, 2.45) is 0 Å². The summed E-state index contributed by atoms with van der Waals surface area (Å²) in [5.74, 6) is 0. The van der Waals surface area contributed by atoms with Gasteiger partial charge in [-0.2, -0.15) is 4.31 Å². The Morgan fingerprint density at radius 3 is 2.38 bits per heavy atom. The first kappa shape index (κ1) is 37.5. The average molecular weight is 621 g/mol. The number of ether oxygens (including phenoxy) is 1. The van der Waals surface area contributed by atoms with Crippen LogP contribution >= 0.6 is 15.6 Å². The van der Waals surface area contributed by atoms with Gasteiger partial charge in [-0.25, -0.2) is 13.9 Å². The first-order valence-electron chi connectivity index (χ1n) is 10.2. The minimum absolute atomic E-state index is 0. The van der Waals surface area contributed by atoms with Gasteiger partial charge in [0.1, 0.15) is 24.0 Å². The molecule has 0 aliphatic carbocycles. The van der Waals surface area contributed by atoms with E-state index in [1.165, 1.54) is 0 Å². The summed E-state index contributed by atoms with van der Waals surface area (Å²) in [6.45, 7) is 0.584. The number of aliphatic hydroxyl groups excluding tert-OH is 2. The smallest absolute Gasteiger partial charge is 1.00 e. The van der Waals surface area contributed by atoms with Crippen molar-refractivity contribution < 1.29 is 145 Å². The molecular formula is C18H24N3Na3O13P2. The summed E-state index contributed by atoms with van der Waals surface area (Å²) in [6, 6.07) is 6.26. The fraction of sp³-hybridized carbons (Fsp3) is 0.389. The van der Waals surface area contributed by atoms with Crippen LogP contribution in [0.5, 0.6) is 0 Å². The van der Waals surface area contributed by atoms with Crippen molar-refractivity contribution in [3.63, 3.8) is 0 Å². The van der Waals surface area contributed by atoms with Crippen LogP contribution in [-0.2, 0) is 29.2 Å². The Morgan fingerprint density at radius 2 is 1.74 bits per heavy atom. The van der Waals surface area contributed by atoms with Gasteiger partial charge in [0.2, 0.25) is 0 Å². The monoisotopic (exact) mass is 621 g/mol. The Bertz CT molecular complexity index is 1520. The molecule has 1 fully saturated rings. The number of phosphoric acid groups is 2. The fourth-order valence-corrected chi connectivity index (χ4v) is 5.39. The first-order chi connectivity index (χ1) is 16.8. The normalized spacial score (nSPS) is 22.4. The number of phosphoric ester groups is 1. The van der Waals surface area contributed by atoms with Crippen molar-refractivity contribution in [1.82, 2.24) is 14.3 Å². The number of hydrogen-bond acceptors (Lipinski definition) is 11. The second kappa shape index (κ2) is 14.8. The molecule has 1 aromatic carbocycles. The molecule has 0 bridgehead atoms. The quantitative estimate of drug-likeness (QED) is 0.116. The standard InChI is InChI=1S/C18H21N3O13P2.3Na.3H/c1-9-3-2-4-11-14(9)10(19-33-11)7-21-13(22)5-6-20(18(21)25)17-16(24)15(23)12(32-17)8-31-36(29,30)34-35(26,27)28;;;;;;/h2-6,12,15-17,23-24H,7-8H2,1H3,(H,29,30)(H2,26,27,28);;;;;;/q;3*+1;3*-1/t12-,15?,16+,17-;;;;;;/m1....../s1. The van der Waals surface area contributed by atoms with Gasteiger partial charge in [-0.1, -0.05) is 17.3 Å². The van der Waals surface area contributed by atoms with Crippen LogP contribution in [0.15, 0.2) is 44.6 Å². The van der Waals surface area contributed by atoms with Crippen LogP contribution in [0.4, 0.5) is 0 Å². The van der Waals surface area contributed by atoms with E-state index in [1.807, 2.05) is 0 Å². The van der Waals surface area contributed by atoms with Gasteiger partial charge >= 0.3 is 110 Å². The zero-order valence-corrected chi connectivity index (χ0v) is 29.1. The van der Waals surface area contributed by atoms with Gasteiger partial charge in [0, 0.05) is 17.6 Å². The summed E-state index contributed by atoms with van der Waals surface area (Å²) in [5, 5.41) is 25.2. The summed E-state index contributed by atoms with van der Waals surface area (Å²) in [6.07, 6.45) is -5.53. The molecule has 0 radical (unpaired) electrons. The molecular weight excluding hydrogens is 597 g/mol. The van der Waals surface area contributed by atoms with Gasteiger partial charge in [0.25, 0.3) is 5.56 Å². The molecule has 1 aliphatic rings. The third-order valence-electron chi connectivity index (χ3n) is 5.40. The predicted octanol–water partition coefficient (Wildman–Crippen LogP) is -9.30. The van der Waals surface area contributed by atoms with E-state index in [4.69, 9.17) is 19.0 Å². The van der Waals surface area contributed by atoms with Crippen LogP contribution < -0.4 is 99.9 Å². The second-order valence-electron chi connectivity index (χ2n) is 7.89. The molecule has 0 amide bonds. The summed E-state index contributed by atoms with van der Waals surface area (Å²) in [7, 11) is -10.6. The fourth-order valence-electron chi connectivity index (χ4n) is 3.79. The molecule has 202 valence electrons. The zero-order chi connectivity index (χ0) is 26.4. The van der Waals surface area contributed by atoms with E-state index in [0.717, 1.165) is 27.0 Å². The molecule has 1 aliphatic heterocycles. The van der Waals surface area contributed by atoms with Crippen molar-refractivity contribution >= 4 is 26.6 Å². The molecule has 5 atom stereocenters. The van der Waals surface area contributed by atoms with E-state index in [0.29, 0.717) is 16.7 Å². The number of aliphatic hydroxyl groups is 2. The van der Waals surface area contributed by atoms with Crippen LogP contribution in [-0.4, -0.2) is 64.1 Å². The van der Waals surface area contributed by atoms with Gasteiger partial charge < -0.3 is 38.4 Å². The Labute approximate surface area is 290 Å². The molecule has 1 saturated heterocycles. The summed E-state index contributed by atoms with van der Waals surface area (Å²) in [4.78, 5) is 52.3. The molecule has 2 unspecified atom stereocenters. The zero-order valence-electron chi connectivity index (χ0n) is 24.3. The summed E-state index contributed by atoms with van der Waals surface area (Å²) in [5.41, 5.74) is -0.0494. The maximum Gasteiger partial charge on any atom is 1.00 e. The Hall–Kier alpha value is 0.510. The van der Waals surface area contributed by atoms with Crippen LogP contribution in [0.2, 0.25) is 0 Å². The van der Waals surface area contributed by atoms with E-state index in [-0.39, 0.29) is 99.5 Å². The molecule has 39 heavy (non-hydrogen) atoms. The minimum Gasteiger partial charge on any atom is -1.00 e. The molecule has 3 aromatic rings. The summed E-state index contributed by atoms with van der Waals surface area (Å²) >= 11 is 0. The molecule has 21 heteroatoms. The molecule has 2 aromatic heterocycles. The molecule has 0 saturated carbocycles. The van der Waals surface area contributed by atoms with Gasteiger partial charge in [-0.05, 0) is 18.6 Å². The maximum atomic E-state index is 13.1. The Balaban J connectivity index is -0.00000253.